The molecule has 0 saturated carbocycles. The predicted octanol–water partition coefficient (Wildman–Crippen LogP) is 3.88. The van der Waals surface area contributed by atoms with E-state index in [0.717, 1.165) is 12.0 Å². The number of amides is 1. The summed E-state index contributed by atoms with van der Waals surface area (Å²) >= 11 is 6.27. The maximum atomic E-state index is 13.1. The Bertz CT molecular complexity index is 974. The van der Waals surface area contributed by atoms with Gasteiger partial charge in [0.05, 0.1) is 34.7 Å². The van der Waals surface area contributed by atoms with E-state index in [1.165, 1.54) is 22.5 Å². The average molecular weight is 451 g/mol. The lowest BCUT2D eigenvalue weighted by Gasteiger charge is -2.26. The van der Waals surface area contributed by atoms with Crippen molar-refractivity contribution in [2.75, 3.05) is 26.3 Å². The highest BCUT2D eigenvalue weighted by atomic mass is 35.5. The van der Waals surface area contributed by atoms with Crippen LogP contribution in [0.2, 0.25) is 5.02 Å². The Kier molecular flexibility index (Phi) is 7.52. The highest BCUT2D eigenvalue weighted by Gasteiger charge is 2.28. The number of carbonyl (C=O) groups is 1. The summed E-state index contributed by atoms with van der Waals surface area (Å²) in [5, 5.41) is 3.24. The van der Waals surface area contributed by atoms with Gasteiger partial charge in [-0.15, -0.1) is 0 Å². The minimum atomic E-state index is -3.72. The van der Waals surface area contributed by atoms with Crippen molar-refractivity contribution in [2.45, 2.75) is 31.2 Å². The van der Waals surface area contributed by atoms with Gasteiger partial charge in [-0.3, -0.25) is 4.79 Å². The molecule has 1 saturated heterocycles. The molecule has 2 aromatic rings. The molecule has 1 N–H and O–H groups in total. The summed E-state index contributed by atoms with van der Waals surface area (Å²) in [5.41, 5.74) is 1.14. The summed E-state index contributed by atoms with van der Waals surface area (Å²) in [6.07, 6.45) is 0.749. The molecule has 0 unspecified atom stereocenters. The minimum absolute atomic E-state index is 0.0547. The normalized spacial score (nSPS) is 16.4. The summed E-state index contributed by atoms with van der Waals surface area (Å²) < 4.78 is 32.5. The van der Waals surface area contributed by atoms with E-state index < -0.39 is 15.9 Å². The Hall–Kier alpha value is -1.93. The van der Waals surface area contributed by atoms with Crippen molar-refractivity contribution in [3.63, 3.8) is 0 Å². The second kappa shape index (κ2) is 9.92. The Balaban J connectivity index is 1.87. The van der Waals surface area contributed by atoms with Gasteiger partial charge >= 0.3 is 0 Å². The first-order chi connectivity index (χ1) is 14.3. The molecule has 8 heteroatoms. The van der Waals surface area contributed by atoms with Crippen LogP contribution in [-0.4, -0.2) is 44.9 Å². The van der Waals surface area contributed by atoms with Crippen LogP contribution >= 0.6 is 11.6 Å². The third-order valence-electron chi connectivity index (χ3n) is 5.00. The second-order valence-corrected chi connectivity index (χ2v) is 10.1. The number of nitrogens with one attached hydrogen (secondary N) is 1. The van der Waals surface area contributed by atoms with E-state index >= 15 is 0 Å². The third kappa shape index (κ3) is 5.40. The van der Waals surface area contributed by atoms with E-state index in [1.807, 2.05) is 30.3 Å². The van der Waals surface area contributed by atoms with E-state index in [2.05, 4.69) is 19.2 Å². The Morgan fingerprint density at radius 3 is 2.43 bits per heavy atom. The zero-order valence-electron chi connectivity index (χ0n) is 17.2. The molecule has 0 aliphatic carbocycles. The van der Waals surface area contributed by atoms with Crippen LogP contribution in [0.3, 0.4) is 0 Å². The predicted molar refractivity (Wildman–Crippen MR) is 117 cm³/mol. The van der Waals surface area contributed by atoms with E-state index in [-0.39, 0.29) is 34.6 Å². The largest absolute Gasteiger partial charge is 0.379 e. The summed E-state index contributed by atoms with van der Waals surface area (Å²) in [6, 6.07) is 13.8. The van der Waals surface area contributed by atoms with Crippen LogP contribution in [0.1, 0.15) is 42.2 Å². The van der Waals surface area contributed by atoms with Crippen molar-refractivity contribution in [1.29, 1.82) is 0 Å². The molecule has 1 aliphatic rings. The van der Waals surface area contributed by atoms with Crippen LogP contribution in [0.5, 0.6) is 0 Å². The van der Waals surface area contributed by atoms with Crippen LogP contribution < -0.4 is 5.32 Å². The monoisotopic (exact) mass is 450 g/mol. The zero-order valence-corrected chi connectivity index (χ0v) is 18.7. The molecule has 0 bridgehead atoms. The smallest absolute Gasteiger partial charge is 0.253 e. The Morgan fingerprint density at radius 2 is 1.80 bits per heavy atom. The second-order valence-electron chi connectivity index (χ2n) is 7.72. The maximum absolute atomic E-state index is 13.1. The summed E-state index contributed by atoms with van der Waals surface area (Å²) in [4.78, 5) is 13.1. The summed E-state index contributed by atoms with van der Waals surface area (Å²) in [6.45, 7) is 5.46. The fourth-order valence-electron chi connectivity index (χ4n) is 3.45. The van der Waals surface area contributed by atoms with Gasteiger partial charge in [0.25, 0.3) is 5.91 Å². The molecular weight excluding hydrogens is 424 g/mol. The first-order valence-electron chi connectivity index (χ1n) is 10.0. The number of sulfonamides is 1. The van der Waals surface area contributed by atoms with Gasteiger partial charge in [-0.25, -0.2) is 8.42 Å². The van der Waals surface area contributed by atoms with E-state index in [4.69, 9.17) is 16.3 Å². The van der Waals surface area contributed by atoms with Gasteiger partial charge in [0.15, 0.2) is 0 Å². The Morgan fingerprint density at radius 1 is 1.13 bits per heavy atom. The molecule has 0 spiro atoms. The van der Waals surface area contributed by atoms with E-state index in [0.29, 0.717) is 19.1 Å². The van der Waals surface area contributed by atoms with Gasteiger partial charge in [-0.1, -0.05) is 55.8 Å². The molecular formula is C22H27ClN2O4S. The molecule has 2 aromatic carbocycles. The number of ether oxygens (including phenoxy) is 1. The van der Waals surface area contributed by atoms with Crippen molar-refractivity contribution >= 4 is 27.5 Å². The van der Waals surface area contributed by atoms with Gasteiger partial charge in [0.2, 0.25) is 10.0 Å². The lowest BCUT2D eigenvalue weighted by atomic mass is 9.96. The van der Waals surface area contributed by atoms with Crippen LogP contribution in [0.15, 0.2) is 53.4 Å². The molecule has 0 radical (unpaired) electrons. The minimum Gasteiger partial charge on any atom is -0.379 e. The topological polar surface area (TPSA) is 75.7 Å². The van der Waals surface area contributed by atoms with Gasteiger partial charge in [-0.05, 0) is 36.1 Å². The average Bonchev–Trinajstić information content (AvgIpc) is 2.74. The number of hydrogen-bond donors (Lipinski definition) is 1. The SMILES string of the molecule is CC(C)C[C@H](NC(=O)c1cc(S(=O)(=O)N2CCOCC2)ccc1Cl)c1ccccc1. The Labute approximate surface area is 183 Å². The first-order valence-corrected chi connectivity index (χ1v) is 11.8. The van der Waals surface area contributed by atoms with Crippen molar-refractivity contribution < 1.29 is 17.9 Å². The number of hydrogen-bond acceptors (Lipinski definition) is 4. The highest BCUT2D eigenvalue weighted by Crippen LogP contribution is 2.26. The lowest BCUT2D eigenvalue weighted by Crippen LogP contribution is -2.40. The molecule has 1 amide bonds. The van der Waals surface area contributed by atoms with E-state index in [1.54, 1.807) is 0 Å². The molecule has 0 aromatic heterocycles. The van der Waals surface area contributed by atoms with Gasteiger partial charge in [0.1, 0.15) is 0 Å². The third-order valence-corrected chi connectivity index (χ3v) is 7.23. The number of benzene rings is 2. The fourth-order valence-corrected chi connectivity index (χ4v) is 5.08. The number of halogens is 1. The molecule has 30 heavy (non-hydrogen) atoms. The first kappa shape index (κ1) is 22.7. The number of nitrogens with zero attached hydrogens (tertiary/aromatic N) is 1. The van der Waals surface area contributed by atoms with E-state index in [9.17, 15) is 13.2 Å². The van der Waals surface area contributed by atoms with Crippen LogP contribution in [0, 0.1) is 5.92 Å². The van der Waals surface area contributed by atoms with Crippen LogP contribution in [0.25, 0.3) is 0 Å². The summed E-state index contributed by atoms with van der Waals surface area (Å²) in [7, 11) is -3.72. The molecule has 162 valence electrons. The lowest BCUT2D eigenvalue weighted by molar-refractivity contribution is 0.0730. The summed E-state index contributed by atoms with van der Waals surface area (Å²) in [5.74, 6) is -0.0347. The van der Waals surface area contributed by atoms with Crippen molar-refractivity contribution in [2.24, 2.45) is 5.92 Å². The van der Waals surface area contributed by atoms with Gasteiger partial charge < -0.3 is 10.1 Å². The van der Waals surface area contributed by atoms with Crippen LogP contribution in [-0.2, 0) is 14.8 Å². The quantitative estimate of drug-likeness (QED) is 0.694. The highest BCUT2D eigenvalue weighted by molar-refractivity contribution is 7.89. The molecule has 1 heterocycles. The van der Waals surface area contributed by atoms with Crippen LogP contribution in [0.4, 0.5) is 0 Å². The standard InChI is InChI=1S/C22H27ClN2O4S/c1-16(2)14-21(17-6-4-3-5-7-17)24-22(26)19-15-18(8-9-20(19)23)30(27,28)25-10-12-29-13-11-25/h3-9,15-16,21H,10-14H2,1-2H3,(H,24,26)/t21-/m0/s1. The zero-order chi connectivity index (χ0) is 21.7. The van der Waals surface area contributed by atoms with Crippen molar-refractivity contribution in [1.82, 2.24) is 9.62 Å². The number of morpholine rings is 1. The van der Waals surface area contributed by atoms with Gasteiger partial charge in [-0.2, -0.15) is 4.31 Å². The molecule has 1 atom stereocenters. The molecule has 3 rings (SSSR count). The molecule has 6 nitrogen and oxygen atoms in total. The molecule has 1 aliphatic heterocycles. The molecule has 1 fully saturated rings. The fraction of sp³-hybridized carbons (Fsp3) is 0.409. The van der Waals surface area contributed by atoms with Crippen molar-refractivity contribution in [3.8, 4) is 0 Å². The van der Waals surface area contributed by atoms with Crippen molar-refractivity contribution in [3.05, 3.63) is 64.7 Å². The number of rotatable bonds is 7. The maximum Gasteiger partial charge on any atom is 0.253 e. The number of carbonyl (C=O) groups excluding carboxylic acids is 1. The van der Waals surface area contributed by atoms with Gasteiger partial charge in [0, 0.05) is 13.1 Å².